The summed E-state index contributed by atoms with van der Waals surface area (Å²) in [6, 6.07) is 1.60. The average molecular weight is 566 g/mol. The van der Waals surface area contributed by atoms with E-state index in [1.165, 1.54) is 25.6 Å². The Morgan fingerprint density at radius 1 is 1.24 bits per heavy atom. The van der Waals surface area contributed by atoms with Gasteiger partial charge < -0.3 is 29.9 Å². The molecule has 0 bridgehead atoms. The largest absolute Gasteiger partial charge is 0.494 e. The molecule has 2 aromatic heterocycles. The van der Waals surface area contributed by atoms with Crippen molar-refractivity contribution in [1.82, 2.24) is 24.6 Å². The molecule has 1 amide bonds. The zero-order chi connectivity index (χ0) is 38.1. The number of morpholine rings is 1. The monoisotopic (exact) mass is 565 g/mol. The Balaban J connectivity index is 1.60. The molecule has 1 aliphatic heterocycles. The first-order valence-corrected chi connectivity index (χ1v) is 12.5. The number of aromatic nitrogens is 4. The summed E-state index contributed by atoms with van der Waals surface area (Å²) >= 11 is 0. The van der Waals surface area contributed by atoms with Crippen LogP contribution in [-0.2, 0) is 16.1 Å². The van der Waals surface area contributed by atoms with Crippen LogP contribution in [0, 0.1) is 0 Å². The van der Waals surface area contributed by atoms with E-state index in [-0.39, 0.29) is 33.5 Å². The van der Waals surface area contributed by atoms with Crippen LogP contribution in [0.4, 0.5) is 23.0 Å². The van der Waals surface area contributed by atoms with Crippen LogP contribution in [0.1, 0.15) is 20.6 Å². The van der Waals surface area contributed by atoms with Crippen LogP contribution < -0.4 is 20.3 Å². The molecule has 0 saturated carbocycles. The maximum atomic E-state index is 12.4. The number of ether oxygens (including phenoxy) is 2. The van der Waals surface area contributed by atoms with Crippen molar-refractivity contribution in [2.75, 3.05) is 62.9 Å². The zero-order valence-electron chi connectivity index (χ0n) is 33.1. The van der Waals surface area contributed by atoms with Crippen LogP contribution >= 0.6 is 0 Å². The van der Waals surface area contributed by atoms with E-state index >= 15 is 0 Å². The molecule has 3 heterocycles. The third-order valence-electron chi connectivity index (χ3n) is 6.09. The smallest absolute Gasteiger partial charge is 0.247 e. The number of hydrogen-bond acceptors (Lipinski definition) is 9. The number of methoxy groups -OCH3 is 1. The number of nitrogens with one attached hydrogen (secondary N) is 2. The van der Waals surface area contributed by atoms with E-state index in [1.807, 2.05) is 4.90 Å². The van der Waals surface area contributed by atoms with Gasteiger partial charge in [0.25, 0.3) is 0 Å². The zero-order valence-corrected chi connectivity index (χ0v) is 22.1. The molecule has 1 saturated heterocycles. The molecule has 1 aliphatic rings. The van der Waals surface area contributed by atoms with Crippen LogP contribution in [0.5, 0.6) is 5.75 Å². The highest BCUT2D eigenvalue weighted by Gasteiger charge is 2.20. The maximum absolute atomic E-state index is 12.4. The fourth-order valence-corrected chi connectivity index (χ4v) is 4.23. The molecule has 0 aliphatic carbocycles. The number of rotatable bonds is 10. The second-order valence-electron chi connectivity index (χ2n) is 8.76. The molecular formula is C30H34N8O3. The summed E-state index contributed by atoms with van der Waals surface area (Å²) in [5.41, 5.74) is 0.820. The van der Waals surface area contributed by atoms with E-state index in [1.54, 1.807) is 12.1 Å². The van der Waals surface area contributed by atoms with Gasteiger partial charge in [-0.1, -0.05) is 36.8 Å². The highest BCUT2D eigenvalue weighted by atomic mass is 16.5. The fourth-order valence-electron chi connectivity index (χ4n) is 4.23. The van der Waals surface area contributed by atoms with Crippen LogP contribution in [0.2, 0.25) is 0 Å². The van der Waals surface area contributed by atoms with Gasteiger partial charge in [-0.25, -0.2) is 9.67 Å². The lowest BCUT2D eigenvalue weighted by molar-refractivity contribution is -0.111. The lowest BCUT2D eigenvalue weighted by Crippen LogP contribution is -2.36. The van der Waals surface area contributed by atoms with Gasteiger partial charge in [0.2, 0.25) is 11.9 Å². The van der Waals surface area contributed by atoms with Crippen molar-refractivity contribution in [2.45, 2.75) is 6.54 Å². The van der Waals surface area contributed by atoms with Crippen molar-refractivity contribution >= 4 is 28.9 Å². The Labute approximate surface area is 254 Å². The Morgan fingerprint density at radius 2 is 2.05 bits per heavy atom. The van der Waals surface area contributed by atoms with Crippen molar-refractivity contribution in [3.8, 4) is 22.8 Å². The predicted molar refractivity (Wildman–Crippen MR) is 160 cm³/mol. The van der Waals surface area contributed by atoms with E-state index < -0.39 is 56.6 Å². The van der Waals surface area contributed by atoms with E-state index in [4.69, 9.17) is 24.6 Å². The second-order valence-corrected chi connectivity index (χ2v) is 8.76. The van der Waals surface area contributed by atoms with Gasteiger partial charge in [-0.05, 0) is 26.1 Å². The van der Waals surface area contributed by atoms with Crippen LogP contribution in [-0.4, -0.2) is 77.9 Å². The number of carbonyl (C=O) groups is 1. The number of amides is 1. The third kappa shape index (κ3) is 6.53. The molecule has 1 fully saturated rings. The molecule has 0 unspecified atom stereocenters. The normalized spacial score (nSPS) is 17.7. The first-order chi connectivity index (χ1) is 24.4. The van der Waals surface area contributed by atoms with Crippen molar-refractivity contribution in [3.63, 3.8) is 0 Å². The lowest BCUT2D eigenvalue weighted by Gasteiger charge is -2.31. The van der Waals surface area contributed by atoms with Gasteiger partial charge in [0.15, 0.2) is 5.82 Å². The van der Waals surface area contributed by atoms with E-state index in [2.05, 4.69) is 32.3 Å². The van der Waals surface area contributed by atoms with Gasteiger partial charge in [0, 0.05) is 63.5 Å². The van der Waals surface area contributed by atoms with Crippen molar-refractivity contribution < 1.29 is 29.3 Å². The van der Waals surface area contributed by atoms with Gasteiger partial charge in [-0.2, -0.15) is 10.1 Å². The summed E-state index contributed by atoms with van der Waals surface area (Å²) in [4.78, 5) is 23.5. The highest BCUT2D eigenvalue weighted by molar-refractivity contribution is 6.02. The van der Waals surface area contributed by atoms with Crippen molar-refractivity contribution in [3.05, 3.63) is 79.0 Å². The fraction of sp³-hybridized carbons (Fsp3) is 0.267. The van der Waals surface area contributed by atoms with Crippen LogP contribution in [0.3, 0.4) is 0 Å². The summed E-state index contributed by atoms with van der Waals surface area (Å²) in [5.74, 6) is 0.0369. The maximum Gasteiger partial charge on any atom is 0.247 e. The molecule has 212 valence electrons. The van der Waals surface area contributed by atoms with Crippen molar-refractivity contribution in [1.29, 1.82) is 0 Å². The molecular weight excluding hydrogens is 520 g/mol. The summed E-state index contributed by atoms with van der Waals surface area (Å²) in [6.07, 6.45) is 3.79. The molecule has 4 aromatic rings. The summed E-state index contributed by atoms with van der Waals surface area (Å²) < 4.78 is 101. The number of carbonyl (C=O) groups excluding carboxylic acids is 1. The minimum atomic E-state index is -3.10. The highest BCUT2D eigenvalue weighted by Crippen LogP contribution is 2.38. The van der Waals surface area contributed by atoms with E-state index in [0.29, 0.717) is 49.1 Å². The molecule has 0 spiro atoms. The Morgan fingerprint density at radius 3 is 2.78 bits per heavy atom. The molecule has 5 rings (SSSR count). The molecule has 0 radical (unpaired) electrons. The standard InChI is InChI=1S/C30H34N8O3/c1-5-28(39)32-23-17-24(26(40-4)18-25(23)37-13-15-41-16-14-37)33-30-31-12-11-27(34-30)38-20-22(19-36(2)3)29(35-38)21-9-7-6-8-10-21/h5-12,17-18,20H,1,13-16,19H2,2-4H3,(H,32,39)(H,31,33,34)/i2D3,3D3,6D,7D,8D,9D,10D. The van der Waals surface area contributed by atoms with Gasteiger partial charge >= 0.3 is 0 Å². The quantitative estimate of drug-likeness (QED) is 0.275. The van der Waals surface area contributed by atoms with Gasteiger partial charge in [0.1, 0.15) is 5.75 Å². The van der Waals surface area contributed by atoms with E-state index in [0.717, 1.165) is 10.8 Å². The van der Waals surface area contributed by atoms with Gasteiger partial charge in [-0.15, -0.1) is 0 Å². The number of anilines is 4. The van der Waals surface area contributed by atoms with Gasteiger partial charge in [-0.3, -0.25) is 4.79 Å². The number of benzene rings is 2. The Hall–Kier alpha value is -4.74. The lowest BCUT2D eigenvalue weighted by atomic mass is 10.1. The van der Waals surface area contributed by atoms with Crippen LogP contribution in [0.25, 0.3) is 17.1 Å². The Bertz CT molecular complexity index is 1950. The first-order valence-electron chi connectivity index (χ1n) is 18.0. The molecule has 2 aromatic carbocycles. The first kappa shape index (κ1) is 17.2. The molecule has 2 N–H and O–H groups in total. The SMILES string of the molecule is [2H]c1c([2H])c([2H])c(-c2nn(-c3ccnc(Nc4cc(NC(=O)C=C)c(N5CCOCC5)cc4OC)n3)cc2CN(C([2H])([2H])[2H])C([2H])([2H])[2H])c([2H])c1[2H]. The predicted octanol–water partition coefficient (Wildman–Crippen LogP) is 4.10. The molecule has 0 atom stereocenters. The minimum Gasteiger partial charge on any atom is -0.494 e. The topological polar surface area (TPSA) is 110 Å². The summed E-state index contributed by atoms with van der Waals surface area (Å²) in [6.45, 7) is -1.29. The summed E-state index contributed by atoms with van der Waals surface area (Å²) in [7, 11) is 1.47. The second kappa shape index (κ2) is 12.6. The molecule has 11 nitrogen and oxygen atoms in total. The molecule has 11 heteroatoms. The third-order valence-corrected chi connectivity index (χ3v) is 6.09. The number of nitrogens with zero attached hydrogens (tertiary/aromatic N) is 6. The van der Waals surface area contributed by atoms with E-state index in [9.17, 15) is 4.79 Å². The van der Waals surface area contributed by atoms with Crippen molar-refractivity contribution in [2.24, 2.45) is 0 Å². The minimum absolute atomic E-state index is 0.0175. The molecule has 41 heavy (non-hydrogen) atoms. The number of hydrogen-bond donors (Lipinski definition) is 2. The van der Waals surface area contributed by atoms with Gasteiger partial charge in [0.05, 0.1) is 49.9 Å². The average Bonchev–Trinajstić information content (AvgIpc) is 3.52. The van der Waals surface area contributed by atoms with Crippen LogP contribution in [0.15, 0.2) is 73.5 Å². The summed E-state index contributed by atoms with van der Waals surface area (Å²) in [5, 5.41) is 10.3. The Kier molecular flexibility index (Phi) is 5.28.